The van der Waals surface area contributed by atoms with Gasteiger partial charge in [-0.2, -0.15) is 0 Å². The predicted octanol–water partition coefficient (Wildman–Crippen LogP) is 1.77. The van der Waals surface area contributed by atoms with E-state index in [-0.39, 0.29) is 0 Å². The summed E-state index contributed by atoms with van der Waals surface area (Å²) in [4.78, 5) is 0. The SMILES string of the molecule is CNCc1ccccc1C=CCCN. The van der Waals surface area contributed by atoms with Gasteiger partial charge in [-0.1, -0.05) is 36.4 Å². The van der Waals surface area contributed by atoms with Gasteiger partial charge in [0.2, 0.25) is 0 Å². The fourth-order valence-corrected chi connectivity index (χ4v) is 1.35. The lowest BCUT2D eigenvalue weighted by atomic mass is 10.1. The van der Waals surface area contributed by atoms with E-state index in [9.17, 15) is 0 Å². The Kier molecular flexibility index (Phi) is 4.97. The largest absolute Gasteiger partial charge is 0.330 e. The Hall–Kier alpha value is -1.12. The summed E-state index contributed by atoms with van der Waals surface area (Å²) in [5.74, 6) is 0. The Morgan fingerprint density at radius 2 is 2.14 bits per heavy atom. The molecule has 1 aromatic carbocycles. The Morgan fingerprint density at radius 3 is 2.86 bits per heavy atom. The number of rotatable bonds is 5. The summed E-state index contributed by atoms with van der Waals surface area (Å²) in [7, 11) is 1.96. The minimum atomic E-state index is 0.713. The van der Waals surface area contributed by atoms with Crippen LogP contribution in [0, 0.1) is 0 Å². The molecule has 0 unspecified atom stereocenters. The third kappa shape index (κ3) is 3.32. The highest BCUT2D eigenvalue weighted by Gasteiger charge is 1.95. The molecule has 76 valence electrons. The first-order valence-electron chi connectivity index (χ1n) is 4.97. The lowest BCUT2D eigenvalue weighted by Crippen LogP contribution is -2.06. The average molecular weight is 190 g/mol. The van der Waals surface area contributed by atoms with E-state index in [1.54, 1.807) is 0 Å². The highest BCUT2D eigenvalue weighted by atomic mass is 14.8. The Morgan fingerprint density at radius 1 is 1.36 bits per heavy atom. The van der Waals surface area contributed by atoms with Gasteiger partial charge in [0.25, 0.3) is 0 Å². The summed E-state index contributed by atoms with van der Waals surface area (Å²) in [5.41, 5.74) is 8.02. The number of nitrogens with two attached hydrogens (primary N) is 1. The minimum absolute atomic E-state index is 0.713. The quantitative estimate of drug-likeness (QED) is 0.742. The molecule has 0 amide bonds. The first kappa shape index (κ1) is 11.0. The summed E-state index contributed by atoms with van der Waals surface area (Å²) in [6, 6.07) is 8.38. The van der Waals surface area contributed by atoms with Crippen molar-refractivity contribution in [2.24, 2.45) is 5.73 Å². The zero-order valence-electron chi connectivity index (χ0n) is 8.66. The number of nitrogens with one attached hydrogen (secondary N) is 1. The molecule has 0 saturated carbocycles. The van der Waals surface area contributed by atoms with Crippen molar-refractivity contribution in [3.05, 3.63) is 41.5 Å². The second-order valence-corrected chi connectivity index (χ2v) is 3.21. The maximum atomic E-state index is 5.43. The minimum Gasteiger partial charge on any atom is -0.330 e. The fraction of sp³-hybridized carbons (Fsp3) is 0.333. The third-order valence-electron chi connectivity index (χ3n) is 2.05. The fourth-order valence-electron chi connectivity index (χ4n) is 1.35. The molecular weight excluding hydrogens is 172 g/mol. The highest BCUT2D eigenvalue weighted by molar-refractivity contribution is 5.53. The zero-order chi connectivity index (χ0) is 10.2. The molecule has 0 saturated heterocycles. The summed E-state index contributed by atoms with van der Waals surface area (Å²) in [6.45, 7) is 1.62. The van der Waals surface area contributed by atoms with Crippen molar-refractivity contribution in [3.8, 4) is 0 Å². The van der Waals surface area contributed by atoms with Crippen LogP contribution in [0.1, 0.15) is 17.5 Å². The van der Waals surface area contributed by atoms with E-state index in [0.29, 0.717) is 6.54 Å². The average Bonchev–Trinajstić information content (AvgIpc) is 2.21. The van der Waals surface area contributed by atoms with Crippen LogP contribution in [0.15, 0.2) is 30.3 Å². The van der Waals surface area contributed by atoms with Gasteiger partial charge in [-0.25, -0.2) is 0 Å². The molecule has 0 heterocycles. The number of hydrogen-bond acceptors (Lipinski definition) is 2. The van der Waals surface area contributed by atoms with Crippen molar-refractivity contribution in [2.45, 2.75) is 13.0 Å². The topological polar surface area (TPSA) is 38.0 Å². The molecule has 0 bridgehead atoms. The summed E-state index contributed by atoms with van der Waals surface area (Å²) in [5, 5.41) is 3.16. The molecule has 0 spiro atoms. The van der Waals surface area contributed by atoms with Crippen molar-refractivity contribution >= 4 is 6.08 Å². The molecule has 14 heavy (non-hydrogen) atoms. The Balaban J connectivity index is 2.73. The highest BCUT2D eigenvalue weighted by Crippen LogP contribution is 2.10. The van der Waals surface area contributed by atoms with Crippen LogP contribution in [0.3, 0.4) is 0 Å². The predicted molar refractivity (Wildman–Crippen MR) is 61.9 cm³/mol. The summed E-state index contributed by atoms with van der Waals surface area (Å²) in [6.07, 6.45) is 5.20. The molecule has 1 rings (SSSR count). The maximum Gasteiger partial charge on any atom is 0.0208 e. The van der Waals surface area contributed by atoms with Gasteiger partial charge in [-0.3, -0.25) is 0 Å². The molecule has 0 aromatic heterocycles. The second kappa shape index (κ2) is 6.35. The molecule has 1 aromatic rings. The van der Waals surface area contributed by atoms with E-state index in [1.165, 1.54) is 11.1 Å². The molecule has 2 nitrogen and oxygen atoms in total. The van der Waals surface area contributed by atoms with E-state index in [4.69, 9.17) is 5.73 Å². The van der Waals surface area contributed by atoms with Gasteiger partial charge in [0.15, 0.2) is 0 Å². The third-order valence-corrected chi connectivity index (χ3v) is 2.05. The van der Waals surface area contributed by atoms with E-state index in [1.807, 2.05) is 7.05 Å². The van der Waals surface area contributed by atoms with Crippen molar-refractivity contribution in [3.63, 3.8) is 0 Å². The molecule has 0 aliphatic heterocycles. The summed E-state index contributed by atoms with van der Waals surface area (Å²) >= 11 is 0. The first-order valence-corrected chi connectivity index (χ1v) is 4.97. The molecule has 2 heteroatoms. The lowest BCUT2D eigenvalue weighted by Gasteiger charge is -2.04. The van der Waals surface area contributed by atoms with Crippen LogP contribution in [-0.2, 0) is 6.54 Å². The van der Waals surface area contributed by atoms with Gasteiger partial charge in [0, 0.05) is 6.54 Å². The zero-order valence-corrected chi connectivity index (χ0v) is 8.66. The number of hydrogen-bond donors (Lipinski definition) is 2. The standard InChI is InChI=1S/C12H18N2/c1-14-10-12-8-3-2-6-11(12)7-4-5-9-13/h2-4,6-8,14H,5,9-10,13H2,1H3. The van der Waals surface area contributed by atoms with Crippen LogP contribution in [0.5, 0.6) is 0 Å². The molecule has 0 aliphatic carbocycles. The number of benzene rings is 1. The summed E-state index contributed by atoms with van der Waals surface area (Å²) < 4.78 is 0. The van der Waals surface area contributed by atoms with Gasteiger partial charge in [0.1, 0.15) is 0 Å². The lowest BCUT2D eigenvalue weighted by molar-refractivity contribution is 0.816. The second-order valence-electron chi connectivity index (χ2n) is 3.21. The maximum absolute atomic E-state index is 5.43. The van der Waals surface area contributed by atoms with Crippen molar-refractivity contribution in [2.75, 3.05) is 13.6 Å². The van der Waals surface area contributed by atoms with Crippen LogP contribution in [0.4, 0.5) is 0 Å². The van der Waals surface area contributed by atoms with E-state index >= 15 is 0 Å². The smallest absolute Gasteiger partial charge is 0.0208 e. The van der Waals surface area contributed by atoms with Crippen LogP contribution in [-0.4, -0.2) is 13.6 Å². The van der Waals surface area contributed by atoms with Crippen molar-refractivity contribution in [1.82, 2.24) is 5.32 Å². The van der Waals surface area contributed by atoms with E-state index < -0.39 is 0 Å². The molecule has 3 N–H and O–H groups in total. The van der Waals surface area contributed by atoms with Gasteiger partial charge in [-0.05, 0) is 31.1 Å². The molecule has 0 fully saturated rings. The first-order chi connectivity index (χ1) is 6.88. The van der Waals surface area contributed by atoms with Crippen LogP contribution in [0.2, 0.25) is 0 Å². The molecule has 0 radical (unpaired) electrons. The molecule has 0 aliphatic rings. The van der Waals surface area contributed by atoms with Crippen molar-refractivity contribution < 1.29 is 0 Å². The molecule has 0 atom stereocenters. The van der Waals surface area contributed by atoms with Crippen LogP contribution >= 0.6 is 0 Å². The molecular formula is C12H18N2. The van der Waals surface area contributed by atoms with Gasteiger partial charge < -0.3 is 11.1 Å². The Bertz CT molecular complexity index is 292. The monoisotopic (exact) mass is 190 g/mol. The van der Waals surface area contributed by atoms with Crippen molar-refractivity contribution in [1.29, 1.82) is 0 Å². The van der Waals surface area contributed by atoms with E-state index in [2.05, 4.69) is 41.7 Å². The normalized spacial score (nSPS) is 11.0. The van der Waals surface area contributed by atoms with Crippen LogP contribution in [0.25, 0.3) is 6.08 Å². The van der Waals surface area contributed by atoms with Gasteiger partial charge in [-0.15, -0.1) is 0 Å². The van der Waals surface area contributed by atoms with Gasteiger partial charge in [0.05, 0.1) is 0 Å². The Labute approximate surface area is 85.8 Å². The van der Waals surface area contributed by atoms with E-state index in [0.717, 1.165) is 13.0 Å². The van der Waals surface area contributed by atoms with Crippen LogP contribution < -0.4 is 11.1 Å². The van der Waals surface area contributed by atoms with Gasteiger partial charge >= 0.3 is 0 Å².